The Balaban J connectivity index is 1.53. The zero-order chi connectivity index (χ0) is 20.3. The summed E-state index contributed by atoms with van der Waals surface area (Å²) in [7, 11) is -3.20. The van der Waals surface area contributed by atoms with E-state index < -0.39 is 21.7 Å². The lowest BCUT2D eigenvalue weighted by Crippen LogP contribution is -2.50. The summed E-state index contributed by atoms with van der Waals surface area (Å²) in [5, 5.41) is 4.69. The standard InChI is InChI=1S/C17H20F2N4O3S2/c1-2-28(25,26)23-7-5-22(6-8-23)10-16(24)21-17-20-15(11-27-17)12-3-4-13(18)14(19)9-12/h3-4,9,11H,2,5-8,10H2,1H3,(H,20,21,24). The second-order valence-corrected chi connectivity index (χ2v) is 9.41. The molecule has 152 valence electrons. The molecule has 1 N–H and O–H groups in total. The number of nitrogens with zero attached hydrogens (tertiary/aromatic N) is 3. The van der Waals surface area contributed by atoms with Crippen molar-refractivity contribution in [1.29, 1.82) is 0 Å². The molecule has 1 saturated heterocycles. The van der Waals surface area contributed by atoms with Crippen molar-refractivity contribution in [2.45, 2.75) is 6.92 Å². The van der Waals surface area contributed by atoms with Gasteiger partial charge in [-0.05, 0) is 25.1 Å². The third-order valence-corrected chi connectivity index (χ3v) is 7.06. The van der Waals surface area contributed by atoms with Gasteiger partial charge in [-0.1, -0.05) is 0 Å². The van der Waals surface area contributed by atoms with Crippen molar-refractivity contribution in [3.63, 3.8) is 0 Å². The van der Waals surface area contributed by atoms with E-state index in [0.29, 0.717) is 42.6 Å². The summed E-state index contributed by atoms with van der Waals surface area (Å²) in [6, 6.07) is 3.50. The molecule has 3 rings (SSSR count). The second kappa shape index (κ2) is 8.60. The zero-order valence-corrected chi connectivity index (χ0v) is 16.8. The van der Waals surface area contributed by atoms with Crippen molar-refractivity contribution < 1.29 is 22.0 Å². The fourth-order valence-electron chi connectivity index (χ4n) is 2.83. The van der Waals surface area contributed by atoms with E-state index in [4.69, 9.17) is 0 Å². The Labute approximate surface area is 166 Å². The number of anilines is 1. The summed E-state index contributed by atoms with van der Waals surface area (Å²) in [5.74, 6) is -2.09. The van der Waals surface area contributed by atoms with Crippen LogP contribution in [0.25, 0.3) is 11.3 Å². The van der Waals surface area contributed by atoms with Crippen LogP contribution in [0.1, 0.15) is 6.92 Å². The lowest BCUT2D eigenvalue weighted by atomic mass is 10.2. The van der Waals surface area contributed by atoms with Gasteiger partial charge >= 0.3 is 0 Å². The van der Waals surface area contributed by atoms with Gasteiger partial charge in [0.05, 0.1) is 18.0 Å². The molecule has 0 radical (unpaired) electrons. The maximum Gasteiger partial charge on any atom is 0.240 e. The number of carbonyl (C=O) groups is 1. The van der Waals surface area contributed by atoms with E-state index in [1.54, 1.807) is 12.3 Å². The molecule has 0 bridgehead atoms. The summed E-state index contributed by atoms with van der Waals surface area (Å²) in [6.45, 7) is 3.41. The number of piperazine rings is 1. The minimum absolute atomic E-state index is 0.0673. The molecule has 1 aliphatic rings. The van der Waals surface area contributed by atoms with Crippen LogP contribution in [0.5, 0.6) is 0 Å². The van der Waals surface area contributed by atoms with Crippen LogP contribution >= 0.6 is 11.3 Å². The van der Waals surface area contributed by atoms with Crippen molar-refractivity contribution >= 4 is 32.4 Å². The molecule has 0 saturated carbocycles. The van der Waals surface area contributed by atoms with Crippen molar-refractivity contribution in [2.75, 3.05) is 43.8 Å². The first-order chi connectivity index (χ1) is 13.3. The highest BCUT2D eigenvalue weighted by Crippen LogP contribution is 2.26. The summed E-state index contributed by atoms with van der Waals surface area (Å²) < 4.78 is 51.5. The topological polar surface area (TPSA) is 82.6 Å². The first kappa shape index (κ1) is 20.8. The van der Waals surface area contributed by atoms with Crippen LogP contribution in [-0.4, -0.2) is 67.0 Å². The third-order valence-electron chi connectivity index (χ3n) is 4.42. The molecule has 1 fully saturated rings. The van der Waals surface area contributed by atoms with Gasteiger partial charge in [0.2, 0.25) is 15.9 Å². The Hall–Kier alpha value is -1.95. The lowest BCUT2D eigenvalue weighted by Gasteiger charge is -2.33. The van der Waals surface area contributed by atoms with Gasteiger partial charge in [-0.3, -0.25) is 9.69 Å². The number of carbonyl (C=O) groups excluding carboxylic acids is 1. The van der Waals surface area contributed by atoms with Gasteiger partial charge in [-0.15, -0.1) is 11.3 Å². The molecule has 0 spiro atoms. The Morgan fingerprint density at radius 3 is 2.57 bits per heavy atom. The van der Waals surface area contributed by atoms with Crippen LogP contribution in [0.2, 0.25) is 0 Å². The molecule has 0 atom stereocenters. The van der Waals surface area contributed by atoms with Gasteiger partial charge in [-0.2, -0.15) is 4.31 Å². The largest absolute Gasteiger partial charge is 0.301 e. The molecule has 11 heteroatoms. The minimum Gasteiger partial charge on any atom is -0.301 e. The number of halogens is 2. The maximum atomic E-state index is 13.4. The van der Waals surface area contributed by atoms with E-state index in [1.165, 1.54) is 21.7 Å². The highest BCUT2D eigenvalue weighted by atomic mass is 32.2. The predicted octanol–water partition coefficient (Wildman–Crippen LogP) is 1.99. The summed E-state index contributed by atoms with van der Waals surface area (Å²) in [4.78, 5) is 18.3. The molecule has 1 aromatic carbocycles. The number of thiazole rings is 1. The second-order valence-electron chi connectivity index (χ2n) is 6.29. The van der Waals surface area contributed by atoms with Crippen molar-refractivity contribution in [3.05, 3.63) is 35.2 Å². The average Bonchev–Trinajstić information content (AvgIpc) is 3.12. The molecule has 7 nitrogen and oxygen atoms in total. The van der Waals surface area contributed by atoms with Crippen LogP contribution in [0, 0.1) is 11.6 Å². The molecular formula is C17H20F2N4O3S2. The Kier molecular flexibility index (Phi) is 6.38. The van der Waals surface area contributed by atoms with Crippen LogP contribution in [0.3, 0.4) is 0 Å². The number of amides is 1. The number of benzene rings is 1. The maximum absolute atomic E-state index is 13.4. The van der Waals surface area contributed by atoms with Crippen LogP contribution in [0.4, 0.5) is 13.9 Å². The molecule has 1 amide bonds. The van der Waals surface area contributed by atoms with Gasteiger partial charge in [0.1, 0.15) is 0 Å². The van der Waals surface area contributed by atoms with Gasteiger partial charge in [0.15, 0.2) is 16.8 Å². The fraction of sp³-hybridized carbons (Fsp3) is 0.412. The summed E-state index contributed by atoms with van der Waals surface area (Å²) >= 11 is 1.19. The number of hydrogen-bond donors (Lipinski definition) is 1. The number of hydrogen-bond acceptors (Lipinski definition) is 6. The van der Waals surface area contributed by atoms with Crippen LogP contribution in [-0.2, 0) is 14.8 Å². The molecule has 2 aromatic rings. The highest BCUT2D eigenvalue weighted by molar-refractivity contribution is 7.89. The van der Waals surface area contributed by atoms with E-state index >= 15 is 0 Å². The number of rotatable bonds is 6. The number of aromatic nitrogens is 1. The summed E-state index contributed by atoms with van der Waals surface area (Å²) in [6.07, 6.45) is 0. The van der Waals surface area contributed by atoms with Crippen molar-refractivity contribution in [1.82, 2.24) is 14.2 Å². The normalized spacial score (nSPS) is 16.2. The van der Waals surface area contributed by atoms with Crippen LogP contribution < -0.4 is 5.32 Å². The quantitative estimate of drug-likeness (QED) is 0.758. The summed E-state index contributed by atoms with van der Waals surface area (Å²) in [5.41, 5.74) is 0.862. The van der Waals surface area contributed by atoms with Gasteiger partial charge < -0.3 is 5.32 Å². The van der Waals surface area contributed by atoms with E-state index in [1.807, 2.05) is 4.90 Å². The van der Waals surface area contributed by atoms with Gasteiger partial charge in [-0.25, -0.2) is 22.2 Å². The first-order valence-corrected chi connectivity index (χ1v) is 11.2. The number of sulfonamides is 1. The monoisotopic (exact) mass is 430 g/mol. The van der Waals surface area contributed by atoms with Gasteiger partial charge in [0.25, 0.3) is 0 Å². The zero-order valence-electron chi connectivity index (χ0n) is 15.2. The molecule has 0 unspecified atom stereocenters. The van der Waals surface area contributed by atoms with Crippen LogP contribution in [0.15, 0.2) is 23.6 Å². The molecular weight excluding hydrogens is 410 g/mol. The minimum atomic E-state index is -3.20. The molecule has 0 aliphatic carbocycles. The van der Waals surface area contributed by atoms with E-state index in [0.717, 1.165) is 12.1 Å². The SMILES string of the molecule is CCS(=O)(=O)N1CCN(CC(=O)Nc2nc(-c3ccc(F)c(F)c3)cs2)CC1. The molecule has 1 aromatic heterocycles. The van der Waals surface area contributed by atoms with E-state index in [9.17, 15) is 22.0 Å². The average molecular weight is 431 g/mol. The number of nitrogens with one attached hydrogen (secondary N) is 1. The molecule has 1 aliphatic heterocycles. The third kappa shape index (κ3) is 4.90. The fourth-order valence-corrected chi connectivity index (χ4v) is 4.65. The Bertz CT molecular complexity index is 957. The Morgan fingerprint density at radius 2 is 1.93 bits per heavy atom. The van der Waals surface area contributed by atoms with E-state index in [2.05, 4.69) is 10.3 Å². The molecule has 2 heterocycles. The molecule has 28 heavy (non-hydrogen) atoms. The smallest absolute Gasteiger partial charge is 0.240 e. The predicted molar refractivity (Wildman–Crippen MR) is 104 cm³/mol. The Morgan fingerprint density at radius 1 is 1.21 bits per heavy atom. The van der Waals surface area contributed by atoms with Crippen molar-refractivity contribution in [3.8, 4) is 11.3 Å². The first-order valence-electron chi connectivity index (χ1n) is 8.69. The van der Waals surface area contributed by atoms with Gasteiger partial charge in [0, 0.05) is 37.1 Å². The van der Waals surface area contributed by atoms with Crippen molar-refractivity contribution in [2.24, 2.45) is 0 Å². The van der Waals surface area contributed by atoms with E-state index in [-0.39, 0.29) is 18.2 Å². The lowest BCUT2D eigenvalue weighted by molar-refractivity contribution is -0.117. The highest BCUT2D eigenvalue weighted by Gasteiger charge is 2.26.